The number of anilines is 1. The van der Waals surface area contributed by atoms with Gasteiger partial charge >= 0.3 is 5.97 Å². The van der Waals surface area contributed by atoms with Gasteiger partial charge in [-0.15, -0.1) is 0 Å². The second kappa shape index (κ2) is 6.74. The minimum absolute atomic E-state index is 0.101. The molecule has 2 aromatic carbocycles. The maximum atomic E-state index is 10.9. The van der Waals surface area contributed by atoms with Gasteiger partial charge in [0, 0.05) is 13.5 Å². The van der Waals surface area contributed by atoms with Crippen LogP contribution >= 0.6 is 0 Å². The van der Waals surface area contributed by atoms with Crippen LogP contribution in [-0.2, 0) is 18.3 Å². The number of ether oxygens (including phenoxy) is 2. The van der Waals surface area contributed by atoms with E-state index >= 15 is 0 Å². The summed E-state index contributed by atoms with van der Waals surface area (Å²) in [7, 11) is 1.87. The maximum Gasteiger partial charge on any atom is 0.303 e. The van der Waals surface area contributed by atoms with Crippen LogP contribution in [0.25, 0.3) is 11.0 Å². The first kappa shape index (κ1) is 18.2. The molecule has 28 heavy (non-hydrogen) atoms. The van der Waals surface area contributed by atoms with Gasteiger partial charge in [0.25, 0.3) is 0 Å². The van der Waals surface area contributed by atoms with E-state index in [1.54, 1.807) is 0 Å². The molecule has 1 atom stereocenters. The Hall–Kier alpha value is -3.22. The fourth-order valence-electron chi connectivity index (χ4n) is 3.59. The number of aryl methyl sites for hydroxylation is 2. The molecule has 146 valence electrons. The van der Waals surface area contributed by atoms with Gasteiger partial charge in [0.2, 0.25) is 5.95 Å². The zero-order valence-electron chi connectivity index (χ0n) is 15.9. The SMILES string of the molecule is Cn1c(N)nc2c(Oc3ccc4c(c3)CCC(C)(CCC(=O)O)O4)cccc21. The molecule has 0 aliphatic carbocycles. The summed E-state index contributed by atoms with van der Waals surface area (Å²) in [5, 5.41) is 8.94. The lowest BCUT2D eigenvalue weighted by Crippen LogP contribution is -2.36. The van der Waals surface area contributed by atoms with E-state index in [4.69, 9.17) is 20.3 Å². The van der Waals surface area contributed by atoms with Crippen molar-refractivity contribution in [3.8, 4) is 17.2 Å². The lowest BCUT2D eigenvalue weighted by molar-refractivity contribution is -0.138. The highest BCUT2D eigenvalue weighted by Crippen LogP contribution is 2.39. The van der Waals surface area contributed by atoms with Crippen molar-refractivity contribution < 1.29 is 19.4 Å². The number of para-hydroxylation sites is 1. The van der Waals surface area contributed by atoms with E-state index in [1.165, 1.54) is 0 Å². The Morgan fingerprint density at radius 2 is 2.21 bits per heavy atom. The van der Waals surface area contributed by atoms with Crippen molar-refractivity contribution in [3.63, 3.8) is 0 Å². The van der Waals surface area contributed by atoms with Crippen molar-refractivity contribution in [1.82, 2.24) is 9.55 Å². The van der Waals surface area contributed by atoms with Gasteiger partial charge in [-0.1, -0.05) is 6.07 Å². The molecule has 2 heterocycles. The summed E-state index contributed by atoms with van der Waals surface area (Å²) < 4.78 is 14.0. The first-order valence-corrected chi connectivity index (χ1v) is 9.27. The van der Waals surface area contributed by atoms with Crippen molar-refractivity contribution in [2.45, 2.75) is 38.2 Å². The van der Waals surface area contributed by atoms with E-state index in [9.17, 15) is 4.79 Å². The molecule has 1 aliphatic heterocycles. The van der Waals surface area contributed by atoms with Crippen molar-refractivity contribution in [2.24, 2.45) is 7.05 Å². The molecule has 0 spiro atoms. The monoisotopic (exact) mass is 381 g/mol. The first-order valence-electron chi connectivity index (χ1n) is 9.27. The Labute approximate surface area is 162 Å². The molecule has 0 saturated heterocycles. The summed E-state index contributed by atoms with van der Waals surface area (Å²) in [6, 6.07) is 11.4. The number of aromatic nitrogens is 2. The number of carboxylic acids is 1. The van der Waals surface area contributed by atoms with Crippen LogP contribution in [0, 0.1) is 0 Å². The van der Waals surface area contributed by atoms with Crippen molar-refractivity contribution in [2.75, 3.05) is 5.73 Å². The number of hydrogen-bond donors (Lipinski definition) is 2. The molecule has 4 rings (SSSR count). The summed E-state index contributed by atoms with van der Waals surface area (Å²) in [5.41, 5.74) is 8.15. The molecule has 3 aromatic rings. The van der Waals surface area contributed by atoms with Crippen LogP contribution in [0.5, 0.6) is 17.2 Å². The summed E-state index contributed by atoms with van der Waals surface area (Å²) >= 11 is 0. The largest absolute Gasteiger partial charge is 0.487 e. The molecule has 0 amide bonds. The zero-order valence-corrected chi connectivity index (χ0v) is 15.9. The number of hydrogen-bond acceptors (Lipinski definition) is 5. The van der Waals surface area contributed by atoms with Crippen LogP contribution in [0.1, 0.15) is 31.7 Å². The highest BCUT2D eigenvalue weighted by molar-refractivity contribution is 5.84. The number of nitrogens with two attached hydrogens (primary N) is 1. The molecule has 0 radical (unpaired) electrons. The number of nitrogen functional groups attached to an aromatic ring is 1. The second-order valence-electron chi connectivity index (χ2n) is 7.47. The van der Waals surface area contributed by atoms with Crippen LogP contribution in [0.4, 0.5) is 5.95 Å². The molecule has 1 aromatic heterocycles. The van der Waals surface area contributed by atoms with Gasteiger partial charge in [0.1, 0.15) is 22.6 Å². The number of carbonyl (C=O) groups is 1. The van der Waals surface area contributed by atoms with Crippen molar-refractivity contribution in [1.29, 1.82) is 0 Å². The fraction of sp³-hybridized carbons (Fsp3) is 0.333. The molecular formula is C21H23N3O4. The summed E-state index contributed by atoms with van der Waals surface area (Å²) in [6.07, 6.45) is 2.17. The van der Waals surface area contributed by atoms with Crippen LogP contribution in [0.2, 0.25) is 0 Å². The van der Waals surface area contributed by atoms with E-state index in [1.807, 2.05) is 54.9 Å². The number of nitrogens with zero attached hydrogens (tertiary/aromatic N) is 2. The van der Waals surface area contributed by atoms with E-state index in [2.05, 4.69) is 4.98 Å². The Bertz CT molecular complexity index is 1060. The average Bonchev–Trinajstić information content (AvgIpc) is 2.96. The summed E-state index contributed by atoms with van der Waals surface area (Å²) in [5.74, 6) is 1.77. The Morgan fingerprint density at radius 1 is 1.39 bits per heavy atom. The molecule has 1 aliphatic rings. The molecule has 0 fully saturated rings. The Kier molecular flexibility index (Phi) is 4.37. The summed E-state index contributed by atoms with van der Waals surface area (Å²) in [6.45, 7) is 1.97. The zero-order chi connectivity index (χ0) is 19.9. The predicted octanol–water partition coefficient (Wildman–Crippen LogP) is 3.90. The van der Waals surface area contributed by atoms with Crippen LogP contribution in [0.15, 0.2) is 36.4 Å². The Balaban J connectivity index is 1.56. The minimum Gasteiger partial charge on any atom is -0.487 e. The van der Waals surface area contributed by atoms with Gasteiger partial charge in [-0.3, -0.25) is 4.79 Å². The van der Waals surface area contributed by atoms with E-state index in [-0.39, 0.29) is 6.42 Å². The lowest BCUT2D eigenvalue weighted by atomic mass is 9.89. The number of imidazole rings is 1. The van der Waals surface area contributed by atoms with Crippen LogP contribution < -0.4 is 15.2 Å². The standard InChI is InChI=1S/C21H23N3O4/c1-21(11-9-18(25)26)10-8-13-12-14(6-7-16(13)28-21)27-17-5-3-4-15-19(17)23-20(22)24(15)2/h3-7,12H,8-11H2,1-2H3,(H2,22,23)(H,25,26). The number of aliphatic carboxylic acids is 1. The van der Waals surface area contributed by atoms with Gasteiger partial charge in [0.05, 0.1) is 5.52 Å². The van der Waals surface area contributed by atoms with Gasteiger partial charge in [0.15, 0.2) is 5.75 Å². The number of carboxylic acid groups (broad SMARTS) is 1. The highest BCUT2D eigenvalue weighted by atomic mass is 16.5. The first-order chi connectivity index (χ1) is 13.3. The molecule has 7 nitrogen and oxygen atoms in total. The van der Waals surface area contributed by atoms with Gasteiger partial charge in [-0.25, -0.2) is 4.98 Å². The second-order valence-corrected chi connectivity index (χ2v) is 7.47. The van der Waals surface area contributed by atoms with E-state index in [0.29, 0.717) is 23.9 Å². The number of rotatable bonds is 5. The molecule has 7 heteroatoms. The van der Waals surface area contributed by atoms with Crippen LogP contribution in [-0.4, -0.2) is 26.2 Å². The van der Waals surface area contributed by atoms with Crippen molar-refractivity contribution >= 4 is 23.0 Å². The van der Waals surface area contributed by atoms with Gasteiger partial charge in [-0.05, 0) is 62.1 Å². The fourth-order valence-corrected chi connectivity index (χ4v) is 3.59. The third-order valence-corrected chi connectivity index (χ3v) is 5.32. The van der Waals surface area contributed by atoms with Crippen LogP contribution in [0.3, 0.4) is 0 Å². The molecule has 3 N–H and O–H groups in total. The maximum absolute atomic E-state index is 10.9. The topological polar surface area (TPSA) is 99.6 Å². The van der Waals surface area contributed by atoms with E-state index in [0.717, 1.165) is 35.2 Å². The quantitative estimate of drug-likeness (QED) is 0.695. The molecule has 0 saturated carbocycles. The van der Waals surface area contributed by atoms with Gasteiger partial charge < -0.3 is 24.9 Å². The smallest absolute Gasteiger partial charge is 0.303 e. The molecule has 0 bridgehead atoms. The third kappa shape index (κ3) is 3.35. The number of benzene rings is 2. The normalized spacial score (nSPS) is 18.5. The lowest BCUT2D eigenvalue weighted by Gasteiger charge is -2.35. The minimum atomic E-state index is -0.802. The Morgan fingerprint density at radius 3 is 3.00 bits per heavy atom. The third-order valence-electron chi connectivity index (χ3n) is 5.32. The number of fused-ring (bicyclic) bond motifs is 2. The van der Waals surface area contributed by atoms with E-state index < -0.39 is 11.6 Å². The van der Waals surface area contributed by atoms with Crippen molar-refractivity contribution in [3.05, 3.63) is 42.0 Å². The predicted molar refractivity (Wildman–Crippen MR) is 106 cm³/mol. The molecule has 1 unspecified atom stereocenters. The van der Waals surface area contributed by atoms with Gasteiger partial charge in [-0.2, -0.15) is 0 Å². The highest BCUT2D eigenvalue weighted by Gasteiger charge is 2.32. The molecular weight excluding hydrogens is 358 g/mol. The average molecular weight is 381 g/mol. The summed E-state index contributed by atoms with van der Waals surface area (Å²) in [4.78, 5) is 15.3.